The zero-order valence-corrected chi connectivity index (χ0v) is 12.8. The highest BCUT2D eigenvalue weighted by Gasteiger charge is 2.09. The van der Waals surface area contributed by atoms with Gasteiger partial charge in [0.15, 0.2) is 0 Å². The Labute approximate surface area is 122 Å². The molecule has 0 bridgehead atoms. The lowest BCUT2D eigenvalue weighted by Crippen LogP contribution is -2.11. The molecule has 1 aromatic rings. The summed E-state index contributed by atoms with van der Waals surface area (Å²) in [5.41, 5.74) is 0.766. The topological polar surface area (TPSA) is 46.5 Å². The second-order valence-electron chi connectivity index (χ2n) is 4.32. The maximum absolute atomic E-state index is 10.6. The van der Waals surface area contributed by atoms with Crippen molar-refractivity contribution in [3.63, 3.8) is 0 Å². The van der Waals surface area contributed by atoms with Crippen LogP contribution in [0.1, 0.15) is 32.3 Å². The highest BCUT2D eigenvalue weighted by atomic mass is 79.9. The molecule has 0 aliphatic heterocycles. The minimum atomic E-state index is -0.967. The van der Waals surface area contributed by atoms with E-state index in [0.29, 0.717) is 18.3 Å². The molecule has 0 radical (unpaired) electrons. The molecule has 0 atom stereocenters. The first kappa shape index (κ1) is 15.8. The highest BCUT2D eigenvalue weighted by molar-refractivity contribution is 9.10. The number of benzene rings is 1. The first-order valence-corrected chi connectivity index (χ1v) is 7.20. The molecule has 0 aliphatic rings. The summed E-state index contributed by atoms with van der Waals surface area (Å²) in [5, 5.41) is 8.69. The van der Waals surface area contributed by atoms with Gasteiger partial charge in [-0.1, -0.05) is 38.8 Å². The number of rotatable bonds is 7. The predicted octanol–water partition coefficient (Wildman–Crippen LogP) is 4.36. The Bertz CT molecular complexity index is 451. The van der Waals surface area contributed by atoms with Crippen molar-refractivity contribution >= 4 is 28.0 Å². The van der Waals surface area contributed by atoms with Crippen LogP contribution < -0.4 is 4.74 Å². The van der Waals surface area contributed by atoms with Crippen LogP contribution >= 0.6 is 15.9 Å². The van der Waals surface area contributed by atoms with E-state index in [2.05, 4.69) is 29.8 Å². The lowest BCUT2D eigenvalue weighted by molar-refractivity contribution is -0.131. The Kier molecular flexibility index (Phi) is 6.64. The molecule has 0 aliphatic carbocycles. The van der Waals surface area contributed by atoms with E-state index in [4.69, 9.17) is 9.84 Å². The monoisotopic (exact) mass is 326 g/mol. The van der Waals surface area contributed by atoms with Crippen LogP contribution in [-0.4, -0.2) is 17.7 Å². The zero-order valence-electron chi connectivity index (χ0n) is 11.2. The number of halogens is 1. The fourth-order valence-corrected chi connectivity index (χ4v) is 2.19. The summed E-state index contributed by atoms with van der Waals surface area (Å²) < 4.78 is 6.69. The third kappa shape index (κ3) is 5.07. The van der Waals surface area contributed by atoms with E-state index in [1.54, 1.807) is 6.08 Å². The third-order valence-electron chi connectivity index (χ3n) is 3.02. The molecule has 1 aromatic carbocycles. The van der Waals surface area contributed by atoms with Crippen molar-refractivity contribution < 1.29 is 14.6 Å². The van der Waals surface area contributed by atoms with Gasteiger partial charge in [-0.15, -0.1) is 0 Å². The van der Waals surface area contributed by atoms with Crippen LogP contribution in [0.15, 0.2) is 28.7 Å². The third-order valence-corrected chi connectivity index (χ3v) is 3.65. The number of hydrogen-bond acceptors (Lipinski definition) is 2. The average Bonchev–Trinajstić information content (AvgIpc) is 2.39. The number of carbonyl (C=O) groups is 1. The molecular weight excluding hydrogens is 308 g/mol. The van der Waals surface area contributed by atoms with Gasteiger partial charge < -0.3 is 9.84 Å². The first-order valence-electron chi connectivity index (χ1n) is 6.40. The number of carboxylic acid groups (broad SMARTS) is 1. The molecule has 0 unspecified atom stereocenters. The maximum atomic E-state index is 10.6. The summed E-state index contributed by atoms with van der Waals surface area (Å²) in [4.78, 5) is 10.6. The number of aliphatic carboxylic acids is 1. The van der Waals surface area contributed by atoms with Crippen LogP contribution in [-0.2, 0) is 4.79 Å². The summed E-state index contributed by atoms with van der Waals surface area (Å²) in [6, 6.07) is 5.59. The van der Waals surface area contributed by atoms with Gasteiger partial charge in [0.05, 0.1) is 11.1 Å². The van der Waals surface area contributed by atoms with Gasteiger partial charge in [0, 0.05) is 11.6 Å². The van der Waals surface area contributed by atoms with Crippen molar-refractivity contribution in [1.82, 2.24) is 0 Å². The smallest absolute Gasteiger partial charge is 0.328 e. The maximum Gasteiger partial charge on any atom is 0.328 e. The van der Waals surface area contributed by atoms with Gasteiger partial charge in [-0.2, -0.15) is 0 Å². The molecule has 0 saturated heterocycles. The summed E-state index contributed by atoms with van der Waals surface area (Å²) in [7, 11) is 0. The number of hydrogen-bond donors (Lipinski definition) is 1. The largest absolute Gasteiger partial charge is 0.491 e. The van der Waals surface area contributed by atoms with Crippen LogP contribution in [0.5, 0.6) is 5.75 Å². The molecule has 1 rings (SSSR count). The van der Waals surface area contributed by atoms with Crippen LogP contribution in [0, 0.1) is 5.92 Å². The SMILES string of the molecule is CCC(CC)COc1c(Br)cccc1/C=C/C(=O)O. The molecule has 0 amide bonds. The summed E-state index contributed by atoms with van der Waals surface area (Å²) in [5.74, 6) is 0.251. The van der Waals surface area contributed by atoms with Gasteiger partial charge >= 0.3 is 5.97 Å². The number of carboxylic acids is 1. The van der Waals surface area contributed by atoms with Gasteiger partial charge in [-0.05, 0) is 34.0 Å². The molecular formula is C15H19BrO3. The number of para-hydroxylation sites is 1. The van der Waals surface area contributed by atoms with Crippen molar-refractivity contribution in [2.24, 2.45) is 5.92 Å². The molecule has 0 fully saturated rings. The fraction of sp³-hybridized carbons (Fsp3) is 0.400. The standard InChI is InChI=1S/C15H19BrO3/c1-3-11(4-2)10-19-15-12(8-9-14(17)18)6-5-7-13(15)16/h5-9,11H,3-4,10H2,1-2H3,(H,17,18)/b9-8+. The minimum Gasteiger partial charge on any atom is -0.491 e. The van der Waals surface area contributed by atoms with E-state index in [9.17, 15) is 4.79 Å². The van der Waals surface area contributed by atoms with Crippen LogP contribution in [0.25, 0.3) is 6.08 Å². The summed E-state index contributed by atoms with van der Waals surface area (Å²) in [6.07, 6.45) is 4.81. The molecule has 1 N–H and O–H groups in total. The van der Waals surface area contributed by atoms with Gasteiger partial charge in [0.1, 0.15) is 5.75 Å². The van der Waals surface area contributed by atoms with E-state index >= 15 is 0 Å². The summed E-state index contributed by atoms with van der Waals surface area (Å²) >= 11 is 3.44. The van der Waals surface area contributed by atoms with E-state index in [1.165, 1.54) is 0 Å². The predicted molar refractivity (Wildman–Crippen MR) is 80.4 cm³/mol. The fourth-order valence-electron chi connectivity index (χ4n) is 1.70. The lowest BCUT2D eigenvalue weighted by atomic mass is 10.1. The van der Waals surface area contributed by atoms with E-state index in [1.807, 2.05) is 18.2 Å². The average molecular weight is 327 g/mol. The lowest BCUT2D eigenvalue weighted by Gasteiger charge is -2.16. The Morgan fingerprint density at radius 3 is 2.68 bits per heavy atom. The second-order valence-corrected chi connectivity index (χ2v) is 5.18. The minimum absolute atomic E-state index is 0.517. The normalized spacial score (nSPS) is 11.2. The number of ether oxygens (including phenoxy) is 1. The Morgan fingerprint density at radius 1 is 1.42 bits per heavy atom. The molecule has 19 heavy (non-hydrogen) atoms. The van der Waals surface area contributed by atoms with Gasteiger partial charge in [-0.3, -0.25) is 0 Å². The van der Waals surface area contributed by atoms with Gasteiger partial charge in [0.2, 0.25) is 0 Å². The van der Waals surface area contributed by atoms with E-state index in [-0.39, 0.29) is 0 Å². The van der Waals surface area contributed by atoms with Crippen molar-refractivity contribution in [2.75, 3.05) is 6.61 Å². The molecule has 4 heteroatoms. The summed E-state index contributed by atoms with van der Waals surface area (Å²) in [6.45, 7) is 4.93. The van der Waals surface area contributed by atoms with Crippen molar-refractivity contribution in [2.45, 2.75) is 26.7 Å². The Hall–Kier alpha value is -1.29. The van der Waals surface area contributed by atoms with Gasteiger partial charge in [0.25, 0.3) is 0 Å². The first-order chi connectivity index (χ1) is 9.08. The van der Waals surface area contributed by atoms with Crippen molar-refractivity contribution in [1.29, 1.82) is 0 Å². The zero-order chi connectivity index (χ0) is 14.3. The van der Waals surface area contributed by atoms with Crippen molar-refractivity contribution in [3.8, 4) is 5.75 Å². The molecule has 0 spiro atoms. The van der Waals surface area contributed by atoms with Gasteiger partial charge in [-0.25, -0.2) is 4.79 Å². The molecule has 0 saturated carbocycles. The highest BCUT2D eigenvalue weighted by Crippen LogP contribution is 2.30. The molecule has 104 valence electrons. The molecule has 0 heterocycles. The van der Waals surface area contributed by atoms with Crippen LogP contribution in [0.2, 0.25) is 0 Å². The quantitative estimate of drug-likeness (QED) is 0.757. The second kappa shape index (κ2) is 8.00. The molecule has 3 nitrogen and oxygen atoms in total. The van der Waals surface area contributed by atoms with Crippen LogP contribution in [0.3, 0.4) is 0 Å². The van der Waals surface area contributed by atoms with E-state index < -0.39 is 5.97 Å². The Balaban J connectivity index is 2.88. The van der Waals surface area contributed by atoms with Crippen LogP contribution in [0.4, 0.5) is 0 Å². The van der Waals surface area contributed by atoms with E-state index in [0.717, 1.165) is 29.0 Å². The Morgan fingerprint density at radius 2 is 2.11 bits per heavy atom. The van der Waals surface area contributed by atoms with Crippen molar-refractivity contribution in [3.05, 3.63) is 34.3 Å². The molecule has 0 aromatic heterocycles.